The van der Waals surface area contributed by atoms with E-state index in [0.717, 1.165) is 77.5 Å². The predicted molar refractivity (Wildman–Crippen MR) is 302 cm³/mol. The second-order valence-electron chi connectivity index (χ2n) is 23.0. The SMILES string of the molecule is CC(C)(C)c1ccc(N2c3ccc(C(C)(C)C)cc3B3c4cc(-c5cccc6c5oc5ccccc56)ccc4N(c4ccc(-c5cccc6c5oc5ccccc56)cc4)c4cc(C(C)(C)C)cc2c43)cc1. The maximum atomic E-state index is 6.73. The molecule has 0 bridgehead atoms. The smallest absolute Gasteiger partial charge is 0.252 e. The van der Waals surface area contributed by atoms with Crippen LogP contribution in [0.3, 0.4) is 0 Å². The van der Waals surface area contributed by atoms with Gasteiger partial charge in [0.05, 0.1) is 0 Å². The van der Waals surface area contributed by atoms with Crippen LogP contribution < -0.4 is 26.2 Å². The normalized spacial score (nSPS) is 13.6. The minimum absolute atomic E-state index is 0.0269. The van der Waals surface area contributed by atoms with E-state index in [2.05, 4.69) is 248 Å². The Balaban J connectivity index is 1.08. The van der Waals surface area contributed by atoms with E-state index in [9.17, 15) is 0 Å². The van der Waals surface area contributed by atoms with Crippen LogP contribution in [0, 0.1) is 0 Å². The maximum Gasteiger partial charge on any atom is 0.252 e. The third-order valence-corrected chi connectivity index (χ3v) is 15.3. The number of hydrogen-bond donors (Lipinski definition) is 0. The largest absolute Gasteiger partial charge is 0.455 e. The predicted octanol–water partition coefficient (Wildman–Crippen LogP) is 16.8. The topological polar surface area (TPSA) is 32.8 Å². The summed E-state index contributed by atoms with van der Waals surface area (Å²) in [5.74, 6) is 0. The molecule has 0 saturated heterocycles. The van der Waals surface area contributed by atoms with Crippen LogP contribution in [-0.2, 0) is 16.2 Å². The van der Waals surface area contributed by atoms with Crippen molar-refractivity contribution >= 4 is 101 Å². The molecular formula is C66H57BN2O2. The van der Waals surface area contributed by atoms with E-state index in [-0.39, 0.29) is 23.0 Å². The van der Waals surface area contributed by atoms with E-state index >= 15 is 0 Å². The average molecular weight is 921 g/mol. The number of rotatable bonds is 4. The lowest BCUT2D eigenvalue weighted by Gasteiger charge is -2.45. The van der Waals surface area contributed by atoms with Crippen molar-refractivity contribution in [1.29, 1.82) is 0 Å². The molecular weight excluding hydrogens is 864 g/mol. The first-order valence-corrected chi connectivity index (χ1v) is 25.2. The molecule has 9 aromatic carbocycles. The Morgan fingerprint density at radius 2 is 0.789 bits per heavy atom. The minimum atomic E-state index is -0.144. The van der Waals surface area contributed by atoms with Gasteiger partial charge in [0.1, 0.15) is 22.3 Å². The number of benzene rings is 9. The monoisotopic (exact) mass is 920 g/mol. The Kier molecular flexibility index (Phi) is 9.37. The summed E-state index contributed by atoms with van der Waals surface area (Å²) in [7, 11) is 0. The van der Waals surface area contributed by atoms with E-state index < -0.39 is 0 Å². The summed E-state index contributed by atoms with van der Waals surface area (Å²) >= 11 is 0. The highest BCUT2D eigenvalue weighted by Crippen LogP contribution is 2.48. The zero-order valence-corrected chi connectivity index (χ0v) is 42.1. The summed E-state index contributed by atoms with van der Waals surface area (Å²) in [6, 6.07) is 67.6. The van der Waals surface area contributed by atoms with Crippen molar-refractivity contribution in [2.75, 3.05) is 9.80 Å². The van der Waals surface area contributed by atoms with Gasteiger partial charge in [-0.05, 0) is 121 Å². The summed E-state index contributed by atoms with van der Waals surface area (Å²) < 4.78 is 13.3. The molecule has 5 heteroatoms. The van der Waals surface area contributed by atoms with Gasteiger partial charge in [0.25, 0.3) is 6.71 Å². The molecule has 4 nitrogen and oxygen atoms in total. The number of hydrogen-bond acceptors (Lipinski definition) is 4. The van der Waals surface area contributed by atoms with Crippen LogP contribution in [-0.4, -0.2) is 6.71 Å². The molecule has 11 aromatic rings. The van der Waals surface area contributed by atoms with E-state index in [1.165, 1.54) is 55.8 Å². The molecule has 2 aromatic heterocycles. The highest BCUT2D eigenvalue weighted by Gasteiger charge is 2.45. The quantitative estimate of drug-likeness (QED) is 0.165. The molecule has 0 saturated carbocycles. The first-order chi connectivity index (χ1) is 34.1. The third-order valence-electron chi connectivity index (χ3n) is 15.3. The molecule has 346 valence electrons. The van der Waals surface area contributed by atoms with Gasteiger partial charge in [-0.25, -0.2) is 0 Å². The van der Waals surface area contributed by atoms with E-state index in [1.54, 1.807) is 0 Å². The van der Waals surface area contributed by atoms with Crippen molar-refractivity contribution in [3.63, 3.8) is 0 Å². The summed E-state index contributed by atoms with van der Waals surface area (Å²) in [5.41, 5.74) is 22.7. The van der Waals surface area contributed by atoms with Crippen molar-refractivity contribution in [3.8, 4) is 22.3 Å². The fourth-order valence-corrected chi connectivity index (χ4v) is 11.5. The van der Waals surface area contributed by atoms with Crippen molar-refractivity contribution in [2.45, 2.75) is 78.6 Å². The van der Waals surface area contributed by atoms with Crippen LogP contribution in [0.2, 0.25) is 0 Å². The van der Waals surface area contributed by atoms with Crippen molar-refractivity contribution < 1.29 is 8.83 Å². The molecule has 0 radical (unpaired) electrons. The molecule has 0 N–H and O–H groups in total. The molecule has 2 aliphatic rings. The Hall–Kier alpha value is -7.76. The van der Waals surface area contributed by atoms with Gasteiger partial charge in [0.15, 0.2) is 0 Å². The highest BCUT2D eigenvalue weighted by atomic mass is 16.3. The summed E-state index contributed by atoms with van der Waals surface area (Å²) in [6.07, 6.45) is 0. The van der Waals surface area contributed by atoms with Crippen LogP contribution in [0.1, 0.15) is 79.0 Å². The van der Waals surface area contributed by atoms with Crippen molar-refractivity contribution in [3.05, 3.63) is 199 Å². The first-order valence-electron chi connectivity index (χ1n) is 25.2. The first kappa shape index (κ1) is 43.3. The van der Waals surface area contributed by atoms with Gasteiger partial charge >= 0.3 is 0 Å². The molecule has 2 aliphatic heterocycles. The average Bonchev–Trinajstić information content (AvgIpc) is 3.94. The maximum absolute atomic E-state index is 6.73. The summed E-state index contributed by atoms with van der Waals surface area (Å²) in [6.45, 7) is 20.8. The highest BCUT2D eigenvalue weighted by molar-refractivity contribution is 7.00. The van der Waals surface area contributed by atoms with Crippen LogP contribution >= 0.6 is 0 Å². The van der Waals surface area contributed by atoms with Gasteiger partial charge < -0.3 is 18.6 Å². The number of nitrogens with zero attached hydrogens (tertiary/aromatic N) is 2. The van der Waals surface area contributed by atoms with Crippen LogP contribution in [0.4, 0.5) is 34.1 Å². The molecule has 0 fully saturated rings. The van der Waals surface area contributed by atoms with Crippen LogP contribution in [0.15, 0.2) is 191 Å². The second-order valence-corrected chi connectivity index (χ2v) is 23.0. The Bertz CT molecular complexity index is 3950. The minimum Gasteiger partial charge on any atom is -0.455 e. The van der Waals surface area contributed by atoms with Gasteiger partial charge in [-0.15, -0.1) is 0 Å². The van der Waals surface area contributed by atoms with E-state index in [4.69, 9.17) is 8.83 Å². The Morgan fingerprint density at radius 1 is 0.352 bits per heavy atom. The fourth-order valence-electron chi connectivity index (χ4n) is 11.5. The van der Waals surface area contributed by atoms with Crippen molar-refractivity contribution in [1.82, 2.24) is 0 Å². The zero-order valence-electron chi connectivity index (χ0n) is 42.1. The molecule has 0 spiro atoms. The zero-order chi connectivity index (χ0) is 48.7. The molecule has 13 rings (SSSR count). The Labute approximate surface area is 417 Å². The van der Waals surface area contributed by atoms with Crippen LogP contribution in [0.25, 0.3) is 66.1 Å². The fraction of sp³-hybridized carbons (Fsp3) is 0.182. The molecule has 0 unspecified atom stereocenters. The summed E-state index contributed by atoms with van der Waals surface area (Å²) in [5, 5.41) is 4.53. The molecule has 4 heterocycles. The number of para-hydroxylation sites is 4. The van der Waals surface area contributed by atoms with Gasteiger partial charge in [-0.3, -0.25) is 0 Å². The van der Waals surface area contributed by atoms with Gasteiger partial charge in [0, 0.05) is 66.8 Å². The van der Waals surface area contributed by atoms with E-state index in [1.807, 2.05) is 6.07 Å². The molecule has 0 atom stereocenters. The standard InChI is InChI=1S/C66H57BN2O2/c1-64(2,3)42-27-32-46(33-28-42)69-56-35-29-43(65(4,5)6)37-54(56)67-53-36-41(48-19-15-21-52-50-17-11-13-23-60(50)71-63(48)52)26-34-55(53)68(57-38-44(66(7,8)9)39-58(69)61(57)67)45-30-24-40(25-31-45)47-18-14-20-51-49-16-10-12-22-59(49)70-62(47)51/h10-39H,1-9H3. The lowest BCUT2D eigenvalue weighted by atomic mass is 9.33. The summed E-state index contributed by atoms with van der Waals surface area (Å²) in [4.78, 5) is 5.09. The molecule has 71 heavy (non-hydrogen) atoms. The number of furan rings is 2. The third kappa shape index (κ3) is 6.80. The number of fused-ring (bicyclic) bond motifs is 10. The Morgan fingerprint density at radius 3 is 1.32 bits per heavy atom. The lowest BCUT2D eigenvalue weighted by Crippen LogP contribution is -2.61. The lowest BCUT2D eigenvalue weighted by molar-refractivity contribution is 0.589. The van der Waals surface area contributed by atoms with Crippen molar-refractivity contribution in [2.24, 2.45) is 0 Å². The second kappa shape index (κ2) is 15.4. The molecule has 0 amide bonds. The van der Waals surface area contributed by atoms with E-state index in [0.29, 0.717) is 0 Å². The van der Waals surface area contributed by atoms with Gasteiger partial charge in [-0.2, -0.15) is 0 Å². The number of anilines is 6. The van der Waals surface area contributed by atoms with Crippen LogP contribution in [0.5, 0.6) is 0 Å². The van der Waals surface area contributed by atoms with Gasteiger partial charge in [0.2, 0.25) is 0 Å². The molecule has 0 aliphatic carbocycles. The van der Waals surface area contributed by atoms with Gasteiger partial charge in [-0.1, -0.05) is 184 Å².